The topological polar surface area (TPSA) is 26.3 Å². The standard InChI is InChI=1S/C15H28O2/c1-2-3-4-5-6-7-8-9-10-11-12-13-14-17-15-16/h5-6,15H,2-4,7-14H2,1H3/b6-5+. The molecule has 0 fully saturated rings. The number of hydrogen-bond donors (Lipinski definition) is 0. The molecule has 100 valence electrons. The van der Waals surface area contributed by atoms with E-state index < -0.39 is 0 Å². The van der Waals surface area contributed by atoms with Crippen LogP contribution in [0.1, 0.15) is 71.1 Å². The van der Waals surface area contributed by atoms with E-state index in [0.29, 0.717) is 13.1 Å². The van der Waals surface area contributed by atoms with Crippen LogP contribution in [-0.2, 0) is 9.53 Å². The summed E-state index contributed by atoms with van der Waals surface area (Å²) in [5.74, 6) is 0. The second kappa shape index (κ2) is 15.2. The normalized spacial score (nSPS) is 10.9. The summed E-state index contributed by atoms with van der Waals surface area (Å²) in [7, 11) is 0. The molecule has 0 saturated heterocycles. The van der Waals surface area contributed by atoms with Gasteiger partial charge in [0.1, 0.15) is 0 Å². The molecule has 0 aromatic carbocycles. The van der Waals surface area contributed by atoms with E-state index in [1.165, 1.54) is 57.8 Å². The highest BCUT2D eigenvalue weighted by atomic mass is 16.5. The molecule has 0 aromatic heterocycles. The van der Waals surface area contributed by atoms with Gasteiger partial charge in [0.2, 0.25) is 0 Å². The van der Waals surface area contributed by atoms with Gasteiger partial charge in [-0.2, -0.15) is 0 Å². The van der Waals surface area contributed by atoms with Gasteiger partial charge in [-0.25, -0.2) is 0 Å². The Morgan fingerprint density at radius 2 is 1.41 bits per heavy atom. The lowest BCUT2D eigenvalue weighted by Crippen LogP contribution is -1.91. The van der Waals surface area contributed by atoms with Gasteiger partial charge in [0.15, 0.2) is 0 Å². The minimum atomic E-state index is 0.533. The number of ether oxygens (including phenoxy) is 1. The maximum Gasteiger partial charge on any atom is 0.293 e. The Kier molecular flexibility index (Phi) is 14.5. The van der Waals surface area contributed by atoms with Crippen molar-refractivity contribution in [1.82, 2.24) is 0 Å². The Labute approximate surface area is 106 Å². The largest absolute Gasteiger partial charge is 0.468 e. The smallest absolute Gasteiger partial charge is 0.293 e. The molecule has 2 heteroatoms. The molecule has 0 aliphatic carbocycles. The van der Waals surface area contributed by atoms with Crippen LogP contribution in [0.5, 0.6) is 0 Å². The van der Waals surface area contributed by atoms with E-state index in [4.69, 9.17) is 0 Å². The first-order chi connectivity index (χ1) is 8.41. The van der Waals surface area contributed by atoms with Crippen LogP contribution in [0, 0.1) is 0 Å². The van der Waals surface area contributed by atoms with Crippen molar-refractivity contribution in [2.75, 3.05) is 6.61 Å². The summed E-state index contributed by atoms with van der Waals surface area (Å²) >= 11 is 0. The van der Waals surface area contributed by atoms with Crippen molar-refractivity contribution in [2.45, 2.75) is 71.1 Å². The average Bonchev–Trinajstić information content (AvgIpc) is 2.35. The van der Waals surface area contributed by atoms with Crippen molar-refractivity contribution in [3.8, 4) is 0 Å². The second-order valence-electron chi connectivity index (χ2n) is 4.49. The summed E-state index contributed by atoms with van der Waals surface area (Å²) in [6.45, 7) is 3.35. The summed E-state index contributed by atoms with van der Waals surface area (Å²) in [6, 6.07) is 0. The van der Waals surface area contributed by atoms with Crippen LogP contribution >= 0.6 is 0 Å². The summed E-state index contributed by atoms with van der Waals surface area (Å²) in [5.41, 5.74) is 0. The molecule has 0 rings (SSSR count). The summed E-state index contributed by atoms with van der Waals surface area (Å²) in [5, 5.41) is 0. The number of carbonyl (C=O) groups is 1. The molecule has 0 saturated carbocycles. The van der Waals surface area contributed by atoms with Gasteiger partial charge in [-0.1, -0.05) is 57.6 Å². The van der Waals surface area contributed by atoms with Gasteiger partial charge in [-0.05, 0) is 25.7 Å². The van der Waals surface area contributed by atoms with Crippen molar-refractivity contribution in [3.63, 3.8) is 0 Å². The van der Waals surface area contributed by atoms with Gasteiger partial charge in [0.25, 0.3) is 6.47 Å². The molecule has 0 amide bonds. The molecule has 0 bridgehead atoms. The number of hydrogen-bond acceptors (Lipinski definition) is 2. The predicted molar refractivity (Wildman–Crippen MR) is 73.0 cm³/mol. The van der Waals surface area contributed by atoms with Crippen LogP contribution in [0.15, 0.2) is 12.2 Å². The molecule has 0 atom stereocenters. The quantitative estimate of drug-likeness (QED) is 0.266. The zero-order valence-corrected chi connectivity index (χ0v) is 11.3. The number of rotatable bonds is 13. The summed E-state index contributed by atoms with van der Waals surface area (Å²) < 4.78 is 4.64. The third kappa shape index (κ3) is 15.2. The summed E-state index contributed by atoms with van der Waals surface area (Å²) in [4.78, 5) is 9.88. The Morgan fingerprint density at radius 3 is 2.06 bits per heavy atom. The predicted octanol–water partition coefficient (Wildman–Crippen LogP) is 4.64. The third-order valence-corrected chi connectivity index (χ3v) is 2.84. The molecule has 0 spiro atoms. The van der Waals surface area contributed by atoms with Gasteiger partial charge in [0, 0.05) is 0 Å². The van der Waals surface area contributed by atoms with Crippen LogP contribution in [-0.4, -0.2) is 13.1 Å². The maximum absolute atomic E-state index is 9.88. The SMILES string of the molecule is CCCC/C=C/CCCCCCCCOC=O. The second-order valence-corrected chi connectivity index (χ2v) is 4.49. The summed E-state index contributed by atoms with van der Waals surface area (Å²) in [6.07, 6.45) is 17.1. The molecule has 0 aliphatic heterocycles. The van der Waals surface area contributed by atoms with Gasteiger partial charge in [0.05, 0.1) is 6.61 Å². The maximum atomic E-state index is 9.88. The Hall–Kier alpha value is -0.790. The van der Waals surface area contributed by atoms with E-state index in [9.17, 15) is 4.79 Å². The molecular formula is C15H28O2. The number of allylic oxidation sites excluding steroid dienone is 2. The van der Waals surface area contributed by atoms with Gasteiger partial charge < -0.3 is 4.74 Å². The first-order valence-electron chi connectivity index (χ1n) is 7.12. The molecule has 17 heavy (non-hydrogen) atoms. The monoisotopic (exact) mass is 240 g/mol. The third-order valence-electron chi connectivity index (χ3n) is 2.84. The highest BCUT2D eigenvalue weighted by molar-refractivity contribution is 5.36. The van der Waals surface area contributed by atoms with Crippen LogP contribution in [0.4, 0.5) is 0 Å². The molecule has 0 unspecified atom stereocenters. The highest BCUT2D eigenvalue weighted by Crippen LogP contribution is 2.08. The van der Waals surface area contributed by atoms with E-state index in [2.05, 4.69) is 23.8 Å². The van der Waals surface area contributed by atoms with Crippen LogP contribution < -0.4 is 0 Å². The first-order valence-corrected chi connectivity index (χ1v) is 7.12. The van der Waals surface area contributed by atoms with E-state index in [-0.39, 0.29) is 0 Å². The van der Waals surface area contributed by atoms with Gasteiger partial charge in [-0.15, -0.1) is 0 Å². The lowest BCUT2D eigenvalue weighted by atomic mass is 10.1. The molecular weight excluding hydrogens is 212 g/mol. The fourth-order valence-electron chi connectivity index (χ4n) is 1.76. The molecule has 0 aliphatic rings. The minimum absolute atomic E-state index is 0.533. The molecule has 2 nitrogen and oxygen atoms in total. The fraction of sp³-hybridized carbons (Fsp3) is 0.800. The molecule has 0 aromatic rings. The first kappa shape index (κ1) is 16.2. The zero-order valence-electron chi connectivity index (χ0n) is 11.3. The Balaban J connectivity index is 2.98. The van der Waals surface area contributed by atoms with Crippen LogP contribution in [0.25, 0.3) is 0 Å². The van der Waals surface area contributed by atoms with E-state index >= 15 is 0 Å². The van der Waals surface area contributed by atoms with Crippen molar-refractivity contribution in [1.29, 1.82) is 0 Å². The lowest BCUT2D eigenvalue weighted by Gasteiger charge is -2.00. The van der Waals surface area contributed by atoms with Gasteiger partial charge in [-0.3, -0.25) is 4.79 Å². The average molecular weight is 240 g/mol. The Morgan fingerprint density at radius 1 is 0.824 bits per heavy atom. The molecule has 0 N–H and O–H groups in total. The van der Waals surface area contributed by atoms with E-state index in [1.807, 2.05) is 0 Å². The van der Waals surface area contributed by atoms with Crippen LogP contribution in [0.2, 0.25) is 0 Å². The lowest BCUT2D eigenvalue weighted by molar-refractivity contribution is -0.128. The Bertz CT molecular complexity index is 176. The zero-order chi connectivity index (χ0) is 12.6. The van der Waals surface area contributed by atoms with Crippen molar-refractivity contribution < 1.29 is 9.53 Å². The molecule has 0 radical (unpaired) electrons. The van der Waals surface area contributed by atoms with Crippen molar-refractivity contribution in [3.05, 3.63) is 12.2 Å². The van der Waals surface area contributed by atoms with Crippen LogP contribution in [0.3, 0.4) is 0 Å². The minimum Gasteiger partial charge on any atom is -0.468 e. The van der Waals surface area contributed by atoms with Crippen molar-refractivity contribution in [2.24, 2.45) is 0 Å². The van der Waals surface area contributed by atoms with Gasteiger partial charge >= 0.3 is 0 Å². The van der Waals surface area contributed by atoms with E-state index in [0.717, 1.165) is 6.42 Å². The number of carbonyl (C=O) groups excluding carboxylic acids is 1. The fourth-order valence-corrected chi connectivity index (χ4v) is 1.76. The number of unbranched alkanes of at least 4 members (excludes halogenated alkanes) is 8. The van der Waals surface area contributed by atoms with Crippen molar-refractivity contribution >= 4 is 6.47 Å². The molecule has 0 heterocycles. The highest BCUT2D eigenvalue weighted by Gasteiger charge is 1.91. The van der Waals surface area contributed by atoms with E-state index in [1.54, 1.807) is 0 Å².